The minimum Gasteiger partial charge on any atom is -0.439 e. The first-order valence-corrected chi connectivity index (χ1v) is 8.85. The highest BCUT2D eigenvalue weighted by Crippen LogP contribution is 2.25. The third kappa shape index (κ3) is 4.32. The van der Waals surface area contributed by atoms with Crippen molar-refractivity contribution in [1.82, 2.24) is 14.9 Å². The van der Waals surface area contributed by atoms with Crippen molar-refractivity contribution in [3.8, 4) is 11.6 Å². The number of ether oxygens (including phenoxy) is 1. The number of halogens is 2. The van der Waals surface area contributed by atoms with Gasteiger partial charge in [-0.15, -0.1) is 0 Å². The van der Waals surface area contributed by atoms with E-state index in [2.05, 4.69) is 14.9 Å². The molecule has 1 atom stereocenters. The third-order valence-corrected chi connectivity index (χ3v) is 4.47. The first kappa shape index (κ1) is 19.0. The van der Waals surface area contributed by atoms with E-state index in [1.165, 1.54) is 12.4 Å². The van der Waals surface area contributed by atoms with E-state index in [0.29, 0.717) is 25.5 Å². The lowest BCUT2D eigenvalue weighted by Crippen LogP contribution is -2.55. The molecule has 1 fully saturated rings. The van der Waals surface area contributed by atoms with Crippen LogP contribution in [0.4, 0.5) is 14.6 Å². The molecule has 0 saturated carbocycles. The number of carbonyl (C=O) groups excluding carboxylic acids is 1. The fourth-order valence-electron chi connectivity index (χ4n) is 3.04. The van der Waals surface area contributed by atoms with E-state index in [4.69, 9.17) is 4.74 Å². The molecule has 1 aromatic carbocycles. The van der Waals surface area contributed by atoms with Crippen molar-refractivity contribution in [3.05, 3.63) is 42.2 Å². The lowest BCUT2D eigenvalue weighted by molar-refractivity contribution is -0.136. The Balaban J connectivity index is 1.70. The lowest BCUT2D eigenvalue weighted by atomic mass is 10.1. The summed E-state index contributed by atoms with van der Waals surface area (Å²) in [6, 6.07) is 5.00. The van der Waals surface area contributed by atoms with E-state index < -0.39 is 11.6 Å². The molecule has 1 amide bonds. The number of amides is 1. The van der Waals surface area contributed by atoms with E-state index in [1.807, 2.05) is 25.7 Å². The van der Waals surface area contributed by atoms with Gasteiger partial charge in [-0.3, -0.25) is 4.79 Å². The highest BCUT2D eigenvalue weighted by molar-refractivity contribution is 5.78. The van der Waals surface area contributed by atoms with Crippen LogP contribution in [0.15, 0.2) is 30.6 Å². The molecule has 0 unspecified atom stereocenters. The maximum atomic E-state index is 13.3. The molecule has 27 heavy (non-hydrogen) atoms. The van der Waals surface area contributed by atoms with Crippen LogP contribution in [0.2, 0.25) is 0 Å². The quantitative estimate of drug-likeness (QED) is 0.820. The summed E-state index contributed by atoms with van der Waals surface area (Å²) in [5, 5.41) is 0. The molecule has 1 saturated heterocycles. The molecular weight excluding hydrogens is 354 g/mol. The topological polar surface area (TPSA) is 58.6 Å². The van der Waals surface area contributed by atoms with Crippen LogP contribution in [0.5, 0.6) is 11.6 Å². The van der Waals surface area contributed by atoms with E-state index in [9.17, 15) is 13.6 Å². The molecule has 2 heterocycles. The molecule has 0 spiro atoms. The Bertz CT molecular complexity index is 831. The number of anilines is 1. The molecule has 2 aromatic rings. The van der Waals surface area contributed by atoms with Crippen LogP contribution in [-0.4, -0.2) is 46.5 Å². The molecule has 144 valence electrons. The van der Waals surface area contributed by atoms with E-state index in [-0.39, 0.29) is 29.5 Å². The summed E-state index contributed by atoms with van der Waals surface area (Å²) in [5.41, 5.74) is 0. The fraction of sp³-hybridized carbons (Fsp3) is 0.421. The minimum atomic E-state index is -0.985. The summed E-state index contributed by atoms with van der Waals surface area (Å²) in [6.45, 7) is 7.69. The smallest absolute Gasteiger partial charge is 0.225 e. The molecule has 6 nitrogen and oxygen atoms in total. The van der Waals surface area contributed by atoms with Gasteiger partial charge in [0.05, 0.1) is 0 Å². The highest BCUT2D eigenvalue weighted by Gasteiger charge is 2.29. The summed E-state index contributed by atoms with van der Waals surface area (Å²) >= 11 is 0. The van der Waals surface area contributed by atoms with Crippen LogP contribution >= 0.6 is 0 Å². The van der Waals surface area contributed by atoms with Crippen LogP contribution < -0.4 is 9.64 Å². The Hall–Kier alpha value is -2.77. The normalized spacial score (nSPS) is 17.3. The van der Waals surface area contributed by atoms with Crippen molar-refractivity contribution in [1.29, 1.82) is 0 Å². The number of aromatic nitrogens is 2. The molecule has 8 heteroatoms. The van der Waals surface area contributed by atoms with Gasteiger partial charge in [-0.1, -0.05) is 13.8 Å². The molecule has 0 bridgehead atoms. The van der Waals surface area contributed by atoms with Gasteiger partial charge in [-0.2, -0.15) is 0 Å². The standard InChI is InChI=1S/C19H22F2N4O2/c1-12(2)19(26)25-7-6-24(10-13(25)3)17-9-18(23-11-22-17)27-14-4-5-15(20)16(21)8-14/h4-5,8-9,11-13H,6-7,10H2,1-3H3/t13-/m0/s1. The Morgan fingerprint density at radius 1 is 1.19 bits per heavy atom. The van der Waals surface area contributed by atoms with Gasteiger partial charge in [0.1, 0.15) is 17.9 Å². The largest absolute Gasteiger partial charge is 0.439 e. The maximum Gasteiger partial charge on any atom is 0.225 e. The molecular formula is C19H22F2N4O2. The maximum absolute atomic E-state index is 13.3. The second-order valence-electron chi connectivity index (χ2n) is 6.87. The molecule has 1 aliphatic rings. The first-order valence-electron chi connectivity index (χ1n) is 8.85. The SMILES string of the molecule is CC(C)C(=O)N1CCN(c2cc(Oc3ccc(F)c(F)c3)ncn2)C[C@@H]1C. The van der Waals surface area contributed by atoms with E-state index >= 15 is 0 Å². The third-order valence-electron chi connectivity index (χ3n) is 4.47. The Labute approximate surface area is 156 Å². The van der Waals surface area contributed by atoms with Crippen molar-refractivity contribution in [2.24, 2.45) is 5.92 Å². The Morgan fingerprint density at radius 3 is 2.63 bits per heavy atom. The van der Waals surface area contributed by atoms with E-state index in [1.54, 1.807) is 6.07 Å². The van der Waals surface area contributed by atoms with Gasteiger partial charge in [0.15, 0.2) is 11.6 Å². The van der Waals surface area contributed by atoms with E-state index in [0.717, 1.165) is 12.1 Å². The van der Waals surface area contributed by atoms with Gasteiger partial charge < -0.3 is 14.5 Å². The Morgan fingerprint density at radius 2 is 1.96 bits per heavy atom. The van der Waals surface area contributed by atoms with Crippen molar-refractivity contribution >= 4 is 11.7 Å². The summed E-state index contributed by atoms with van der Waals surface area (Å²) in [5.74, 6) is -0.763. The van der Waals surface area contributed by atoms with Gasteiger partial charge >= 0.3 is 0 Å². The number of rotatable bonds is 4. The molecule has 3 rings (SSSR count). The lowest BCUT2D eigenvalue weighted by Gasteiger charge is -2.41. The van der Waals surface area contributed by atoms with Crippen molar-refractivity contribution in [3.63, 3.8) is 0 Å². The molecule has 0 aliphatic carbocycles. The van der Waals surface area contributed by atoms with Crippen molar-refractivity contribution in [2.75, 3.05) is 24.5 Å². The van der Waals surface area contributed by atoms with Gasteiger partial charge in [-0.05, 0) is 19.1 Å². The van der Waals surface area contributed by atoms with Crippen LogP contribution in [0.25, 0.3) is 0 Å². The highest BCUT2D eigenvalue weighted by atomic mass is 19.2. The number of benzene rings is 1. The summed E-state index contributed by atoms with van der Waals surface area (Å²) in [4.78, 5) is 24.5. The summed E-state index contributed by atoms with van der Waals surface area (Å²) in [6.07, 6.45) is 1.36. The zero-order chi connectivity index (χ0) is 19.6. The van der Waals surface area contributed by atoms with Gasteiger partial charge in [-0.25, -0.2) is 18.7 Å². The predicted octanol–water partition coefficient (Wildman–Crippen LogP) is 3.24. The minimum absolute atomic E-state index is 0.0332. The number of piperazine rings is 1. The number of carbonyl (C=O) groups is 1. The van der Waals surface area contributed by atoms with Gasteiger partial charge in [0.2, 0.25) is 11.8 Å². The number of hydrogen-bond donors (Lipinski definition) is 0. The van der Waals surface area contributed by atoms with Crippen molar-refractivity contribution < 1.29 is 18.3 Å². The van der Waals surface area contributed by atoms with Crippen LogP contribution in [-0.2, 0) is 4.79 Å². The first-order chi connectivity index (χ1) is 12.8. The number of nitrogens with zero attached hydrogens (tertiary/aromatic N) is 4. The zero-order valence-electron chi connectivity index (χ0n) is 15.5. The monoisotopic (exact) mass is 376 g/mol. The molecule has 0 N–H and O–H groups in total. The summed E-state index contributed by atoms with van der Waals surface area (Å²) < 4.78 is 31.9. The Kier molecular flexibility index (Phi) is 5.53. The second-order valence-corrected chi connectivity index (χ2v) is 6.87. The molecule has 0 radical (unpaired) electrons. The predicted molar refractivity (Wildman–Crippen MR) is 96.7 cm³/mol. The molecule has 1 aromatic heterocycles. The van der Waals surface area contributed by atoms with Crippen molar-refractivity contribution in [2.45, 2.75) is 26.8 Å². The average molecular weight is 376 g/mol. The fourth-order valence-corrected chi connectivity index (χ4v) is 3.04. The second kappa shape index (κ2) is 7.85. The number of hydrogen-bond acceptors (Lipinski definition) is 5. The van der Waals surface area contributed by atoms with Gasteiger partial charge in [0, 0.05) is 43.7 Å². The zero-order valence-corrected chi connectivity index (χ0v) is 15.5. The van der Waals surface area contributed by atoms with Crippen LogP contribution in [0.1, 0.15) is 20.8 Å². The molecule has 1 aliphatic heterocycles. The average Bonchev–Trinajstić information content (AvgIpc) is 2.64. The summed E-state index contributed by atoms with van der Waals surface area (Å²) in [7, 11) is 0. The van der Waals surface area contributed by atoms with Crippen LogP contribution in [0.3, 0.4) is 0 Å². The van der Waals surface area contributed by atoms with Crippen LogP contribution in [0, 0.1) is 17.6 Å². The van der Waals surface area contributed by atoms with Gasteiger partial charge in [0.25, 0.3) is 0 Å².